The smallest absolute Gasteiger partial charge is 0.356 e. The topological polar surface area (TPSA) is 64.7 Å². The highest BCUT2D eigenvalue weighted by atomic mass is 79.9. The van der Waals surface area contributed by atoms with E-state index < -0.39 is 11.9 Å². The van der Waals surface area contributed by atoms with Gasteiger partial charge < -0.3 is 5.32 Å². The summed E-state index contributed by atoms with van der Waals surface area (Å²) >= 11 is 8.94. The van der Waals surface area contributed by atoms with Gasteiger partial charge in [-0.1, -0.05) is 11.6 Å². The molecule has 0 saturated heterocycles. The van der Waals surface area contributed by atoms with Crippen molar-refractivity contribution in [3.05, 3.63) is 33.3 Å². The highest BCUT2D eigenvalue weighted by molar-refractivity contribution is 9.10. The van der Waals surface area contributed by atoms with Gasteiger partial charge >= 0.3 is 6.18 Å². The second kappa shape index (κ2) is 8.22. The van der Waals surface area contributed by atoms with Crippen molar-refractivity contribution in [3.8, 4) is 0 Å². The van der Waals surface area contributed by atoms with Gasteiger partial charge in [0.2, 0.25) is 5.91 Å². The molecule has 0 spiro atoms. The summed E-state index contributed by atoms with van der Waals surface area (Å²) in [6.07, 6.45) is -0.489. The Kier molecular flexibility index (Phi) is 6.50. The van der Waals surface area contributed by atoms with Gasteiger partial charge in [-0.25, -0.2) is 0 Å². The van der Waals surface area contributed by atoms with Crippen LogP contribution in [0.4, 0.5) is 13.2 Å². The Morgan fingerprint density at radius 3 is 2.68 bits per heavy atom. The van der Waals surface area contributed by atoms with Crippen molar-refractivity contribution < 1.29 is 18.0 Å². The number of aryl methyl sites for hydroxylation is 2. The number of nitrogens with zero attached hydrogens (tertiary/aromatic N) is 4. The molecule has 0 fully saturated rings. The Morgan fingerprint density at radius 1 is 1.40 bits per heavy atom. The molecule has 138 valence electrons. The zero-order valence-corrected chi connectivity index (χ0v) is 15.6. The molecule has 0 aromatic carbocycles. The number of rotatable bonds is 7. The van der Waals surface area contributed by atoms with Crippen LogP contribution in [0.15, 0.2) is 16.9 Å². The molecule has 0 unspecified atom stereocenters. The maximum Gasteiger partial charge on any atom is 0.436 e. The molecule has 0 bridgehead atoms. The number of hydrogen-bond donors (Lipinski definition) is 1. The van der Waals surface area contributed by atoms with Crippen LogP contribution in [0.3, 0.4) is 0 Å². The van der Waals surface area contributed by atoms with Crippen LogP contribution in [-0.4, -0.2) is 32.0 Å². The van der Waals surface area contributed by atoms with Gasteiger partial charge in [0.15, 0.2) is 5.69 Å². The second-order valence-corrected chi connectivity index (χ2v) is 6.64. The average molecular weight is 443 g/mol. The second-order valence-electron chi connectivity index (χ2n) is 5.34. The van der Waals surface area contributed by atoms with Crippen molar-refractivity contribution in [2.24, 2.45) is 0 Å². The highest BCUT2D eigenvalue weighted by Gasteiger charge is 2.38. The molecule has 1 amide bonds. The molecule has 25 heavy (non-hydrogen) atoms. The number of nitrogens with one attached hydrogen (secondary N) is 1. The molecule has 0 radical (unpaired) electrons. The molecule has 2 aromatic heterocycles. The Bertz CT molecular complexity index is 743. The third kappa shape index (κ3) is 5.46. The largest absolute Gasteiger partial charge is 0.436 e. The van der Waals surface area contributed by atoms with Crippen LogP contribution in [0.25, 0.3) is 0 Å². The Labute approximate surface area is 155 Å². The normalized spacial score (nSPS) is 11.8. The van der Waals surface area contributed by atoms with Crippen LogP contribution in [0.5, 0.6) is 0 Å². The molecular formula is C14H16BrClF3N5O. The van der Waals surface area contributed by atoms with Gasteiger partial charge in [0.05, 0.1) is 21.4 Å². The minimum Gasteiger partial charge on any atom is -0.356 e. The quantitative estimate of drug-likeness (QED) is 0.668. The number of hydrogen-bond acceptors (Lipinski definition) is 3. The molecular weight excluding hydrogens is 427 g/mol. The van der Waals surface area contributed by atoms with Crippen molar-refractivity contribution in [3.63, 3.8) is 0 Å². The van der Waals surface area contributed by atoms with Gasteiger partial charge in [0.1, 0.15) is 0 Å². The van der Waals surface area contributed by atoms with Crippen LogP contribution >= 0.6 is 27.5 Å². The third-order valence-electron chi connectivity index (χ3n) is 3.44. The lowest BCUT2D eigenvalue weighted by Gasteiger charge is -2.07. The van der Waals surface area contributed by atoms with Gasteiger partial charge in [-0.15, -0.1) is 0 Å². The summed E-state index contributed by atoms with van der Waals surface area (Å²) in [6, 6.07) is 0. The van der Waals surface area contributed by atoms with E-state index in [9.17, 15) is 18.0 Å². The van der Waals surface area contributed by atoms with Crippen molar-refractivity contribution >= 4 is 33.4 Å². The van der Waals surface area contributed by atoms with Crippen LogP contribution in [0, 0.1) is 6.92 Å². The fourth-order valence-electron chi connectivity index (χ4n) is 2.14. The Hall–Kier alpha value is -1.55. The third-order valence-corrected chi connectivity index (χ3v) is 4.30. The monoisotopic (exact) mass is 441 g/mol. The van der Waals surface area contributed by atoms with Gasteiger partial charge in [-0.3, -0.25) is 14.2 Å². The van der Waals surface area contributed by atoms with Gasteiger partial charge in [-0.05, 0) is 29.3 Å². The number of carbonyl (C=O) groups excluding carboxylic acids is 1. The predicted molar refractivity (Wildman–Crippen MR) is 89.1 cm³/mol. The molecule has 2 aromatic rings. The van der Waals surface area contributed by atoms with E-state index in [1.54, 1.807) is 17.1 Å². The number of carbonyl (C=O) groups is 1. The predicted octanol–water partition coefficient (Wildman–Crippen LogP) is 3.42. The highest BCUT2D eigenvalue weighted by Crippen LogP contribution is 2.35. The van der Waals surface area contributed by atoms with Crippen LogP contribution in [0.2, 0.25) is 5.02 Å². The lowest BCUT2D eigenvalue weighted by atomic mass is 10.3. The van der Waals surface area contributed by atoms with E-state index in [-0.39, 0.29) is 29.6 Å². The van der Waals surface area contributed by atoms with E-state index in [1.165, 1.54) is 11.6 Å². The summed E-state index contributed by atoms with van der Waals surface area (Å²) in [5.41, 5.74) is -0.828. The molecule has 0 aliphatic rings. The van der Waals surface area contributed by atoms with E-state index in [1.807, 2.05) is 0 Å². The van der Waals surface area contributed by atoms with Crippen LogP contribution in [0.1, 0.15) is 24.2 Å². The lowest BCUT2D eigenvalue weighted by Crippen LogP contribution is -2.26. The summed E-state index contributed by atoms with van der Waals surface area (Å²) in [5, 5.41) is 9.87. The van der Waals surface area contributed by atoms with Crippen LogP contribution in [-0.2, 0) is 24.1 Å². The number of aromatic nitrogens is 4. The molecule has 2 rings (SSSR count). The van der Waals surface area contributed by atoms with E-state index in [4.69, 9.17) is 11.6 Å². The summed E-state index contributed by atoms with van der Waals surface area (Å²) in [7, 11) is 0. The van der Waals surface area contributed by atoms with Crippen molar-refractivity contribution in [2.45, 2.75) is 39.0 Å². The molecule has 1 N–H and O–H groups in total. The van der Waals surface area contributed by atoms with E-state index in [0.29, 0.717) is 19.5 Å². The summed E-state index contributed by atoms with van der Waals surface area (Å²) in [6.45, 7) is 2.49. The van der Waals surface area contributed by atoms with Gasteiger partial charge in [0.25, 0.3) is 0 Å². The fourth-order valence-corrected chi connectivity index (χ4v) is 2.72. The van der Waals surface area contributed by atoms with Crippen molar-refractivity contribution in [1.29, 1.82) is 0 Å². The van der Waals surface area contributed by atoms with Crippen LogP contribution < -0.4 is 5.32 Å². The molecule has 11 heteroatoms. The number of amides is 1. The summed E-state index contributed by atoms with van der Waals surface area (Å²) in [5.74, 6) is -0.155. The van der Waals surface area contributed by atoms with E-state index in [2.05, 4.69) is 31.4 Å². The molecule has 0 aliphatic heterocycles. The zero-order chi connectivity index (χ0) is 18.6. The Balaban J connectivity index is 1.75. The first-order valence-corrected chi connectivity index (χ1v) is 8.60. The van der Waals surface area contributed by atoms with Gasteiger partial charge in [-0.2, -0.15) is 23.4 Å². The molecule has 0 atom stereocenters. The lowest BCUT2D eigenvalue weighted by molar-refractivity contribution is -0.141. The Morgan fingerprint density at radius 2 is 2.12 bits per heavy atom. The van der Waals surface area contributed by atoms with Gasteiger partial charge in [0, 0.05) is 32.3 Å². The minimum atomic E-state index is -4.58. The van der Waals surface area contributed by atoms with Crippen molar-refractivity contribution in [2.75, 3.05) is 6.54 Å². The SMILES string of the molecule is Cc1c(Cl)c(C(F)(F)F)nn1CCCNC(=O)CCn1cc(Br)cn1. The number of alkyl halides is 3. The first-order valence-electron chi connectivity index (χ1n) is 7.43. The first-order chi connectivity index (χ1) is 11.7. The maximum atomic E-state index is 12.7. The first kappa shape index (κ1) is 19.8. The maximum absolute atomic E-state index is 12.7. The summed E-state index contributed by atoms with van der Waals surface area (Å²) in [4.78, 5) is 11.7. The van der Waals surface area contributed by atoms with Crippen molar-refractivity contribution in [1.82, 2.24) is 24.9 Å². The zero-order valence-electron chi connectivity index (χ0n) is 13.3. The summed E-state index contributed by atoms with van der Waals surface area (Å²) < 4.78 is 41.9. The average Bonchev–Trinajstić information content (AvgIpc) is 3.06. The van der Waals surface area contributed by atoms with E-state index >= 15 is 0 Å². The molecule has 0 saturated carbocycles. The molecule has 2 heterocycles. The molecule has 0 aliphatic carbocycles. The number of halogens is 5. The van der Waals surface area contributed by atoms with E-state index in [0.717, 1.165) is 4.47 Å². The standard InChI is InChI=1S/C14H16BrClF3N5O/c1-9-12(16)13(14(17,18)19)22-24(9)5-2-4-20-11(25)3-6-23-8-10(15)7-21-23/h7-8H,2-6H2,1H3,(H,20,25). The fraction of sp³-hybridized carbons (Fsp3) is 0.500. The molecule has 6 nitrogen and oxygen atoms in total. The minimum absolute atomic E-state index is 0.155.